The zero-order valence-corrected chi connectivity index (χ0v) is 17.9. The number of hydrogen-bond acceptors (Lipinski definition) is 6. The molecule has 3 saturated heterocycles. The molecule has 2 atom stereocenters. The molecular weight excluding hydrogens is 386 g/mol. The Morgan fingerprint density at radius 2 is 2.03 bits per heavy atom. The lowest BCUT2D eigenvalue weighted by molar-refractivity contribution is -0.135. The Bertz CT molecular complexity index is 725. The number of nitrogens with zero attached hydrogens (tertiary/aromatic N) is 5. The number of carbonyl (C=O) groups excluding carboxylic acids is 2. The van der Waals surface area contributed by atoms with Crippen molar-refractivity contribution in [2.75, 3.05) is 57.4 Å². The summed E-state index contributed by atoms with van der Waals surface area (Å²) in [6.07, 6.45) is 8.24. The Balaban J connectivity index is 1.20. The summed E-state index contributed by atoms with van der Waals surface area (Å²) in [5, 5.41) is 4.19. The zero-order valence-electron chi connectivity index (χ0n) is 17.9. The van der Waals surface area contributed by atoms with Crippen LogP contribution in [-0.4, -0.2) is 96.1 Å². The van der Waals surface area contributed by atoms with Crippen molar-refractivity contribution in [1.29, 1.82) is 0 Å². The Morgan fingerprint density at radius 1 is 1.20 bits per heavy atom. The van der Waals surface area contributed by atoms with E-state index < -0.39 is 0 Å². The first-order valence-corrected chi connectivity index (χ1v) is 11.1. The average Bonchev–Trinajstić information content (AvgIpc) is 3.43. The summed E-state index contributed by atoms with van der Waals surface area (Å²) in [6, 6.07) is -0.106. The summed E-state index contributed by atoms with van der Waals surface area (Å²) < 4.78 is 12.9. The van der Waals surface area contributed by atoms with Gasteiger partial charge in [-0.3, -0.25) is 19.2 Å². The summed E-state index contributed by atoms with van der Waals surface area (Å²) in [4.78, 5) is 31.6. The van der Waals surface area contributed by atoms with Crippen LogP contribution in [0.2, 0.25) is 0 Å². The largest absolute Gasteiger partial charge is 0.378 e. The lowest BCUT2D eigenvalue weighted by Crippen LogP contribution is -2.58. The van der Waals surface area contributed by atoms with Crippen LogP contribution in [0.4, 0.5) is 5.69 Å². The van der Waals surface area contributed by atoms with E-state index in [1.165, 1.54) is 0 Å². The van der Waals surface area contributed by atoms with Crippen LogP contribution in [0, 0.1) is 0 Å². The van der Waals surface area contributed by atoms with Crippen LogP contribution in [0.25, 0.3) is 0 Å². The standard InChI is InChI=1S/C21H33N5O4/c1-23-15-17(14-22-23)26-7-2-5-19(21(26)28)24-8-10-25(11-9-24)20(27)6-13-29-16-18-4-3-12-30-18/h14-15,18-19H,2-13,16H2,1H3. The number of hydrogen-bond donors (Lipinski definition) is 0. The lowest BCUT2D eigenvalue weighted by atomic mass is 10.0. The predicted octanol–water partition coefficient (Wildman–Crippen LogP) is 0.645. The number of anilines is 1. The minimum atomic E-state index is -0.106. The smallest absolute Gasteiger partial charge is 0.244 e. The molecule has 0 bridgehead atoms. The first kappa shape index (κ1) is 21.3. The highest BCUT2D eigenvalue weighted by molar-refractivity contribution is 5.97. The summed E-state index contributed by atoms with van der Waals surface area (Å²) in [5.74, 6) is 0.283. The fourth-order valence-electron chi connectivity index (χ4n) is 4.59. The minimum Gasteiger partial charge on any atom is -0.378 e. The molecule has 2 unspecified atom stereocenters. The normalized spacial score (nSPS) is 25.8. The highest BCUT2D eigenvalue weighted by Gasteiger charge is 2.36. The fraction of sp³-hybridized carbons (Fsp3) is 0.762. The van der Waals surface area contributed by atoms with Gasteiger partial charge in [0.05, 0.1) is 43.7 Å². The van der Waals surface area contributed by atoms with E-state index in [0.29, 0.717) is 32.7 Å². The van der Waals surface area contributed by atoms with Gasteiger partial charge in [-0.05, 0) is 25.7 Å². The van der Waals surface area contributed by atoms with Crippen molar-refractivity contribution < 1.29 is 19.1 Å². The molecule has 3 aliphatic rings. The van der Waals surface area contributed by atoms with Crippen molar-refractivity contribution in [2.24, 2.45) is 7.05 Å². The molecule has 0 N–H and O–H groups in total. The Morgan fingerprint density at radius 3 is 2.73 bits per heavy atom. The monoisotopic (exact) mass is 419 g/mol. The molecule has 0 saturated carbocycles. The second-order valence-corrected chi connectivity index (χ2v) is 8.40. The van der Waals surface area contributed by atoms with Crippen molar-refractivity contribution in [2.45, 2.75) is 44.2 Å². The number of aryl methyl sites for hydroxylation is 1. The maximum Gasteiger partial charge on any atom is 0.244 e. The third-order valence-electron chi connectivity index (χ3n) is 6.31. The third kappa shape index (κ3) is 5.01. The molecule has 0 radical (unpaired) electrons. The summed E-state index contributed by atoms with van der Waals surface area (Å²) in [5.41, 5.74) is 0.865. The highest BCUT2D eigenvalue weighted by atomic mass is 16.5. The van der Waals surface area contributed by atoms with E-state index in [2.05, 4.69) is 10.00 Å². The van der Waals surface area contributed by atoms with Gasteiger partial charge in [-0.15, -0.1) is 0 Å². The van der Waals surface area contributed by atoms with Gasteiger partial charge < -0.3 is 19.3 Å². The number of ether oxygens (including phenoxy) is 2. The second kappa shape index (κ2) is 9.89. The maximum absolute atomic E-state index is 13.1. The Kier molecular flexibility index (Phi) is 7.01. The van der Waals surface area contributed by atoms with Crippen molar-refractivity contribution in [3.05, 3.63) is 12.4 Å². The van der Waals surface area contributed by atoms with E-state index in [4.69, 9.17) is 9.47 Å². The van der Waals surface area contributed by atoms with Gasteiger partial charge in [0.2, 0.25) is 11.8 Å². The van der Waals surface area contributed by atoms with Crippen LogP contribution < -0.4 is 4.90 Å². The molecule has 30 heavy (non-hydrogen) atoms. The van der Waals surface area contributed by atoms with E-state index >= 15 is 0 Å². The summed E-state index contributed by atoms with van der Waals surface area (Å²) in [6.45, 7) is 5.40. The molecule has 0 aromatic carbocycles. The first-order valence-electron chi connectivity index (χ1n) is 11.1. The number of carbonyl (C=O) groups is 2. The van der Waals surface area contributed by atoms with E-state index in [1.54, 1.807) is 10.9 Å². The van der Waals surface area contributed by atoms with Crippen molar-refractivity contribution in [3.8, 4) is 0 Å². The molecule has 9 heteroatoms. The van der Waals surface area contributed by atoms with Gasteiger partial charge in [0.1, 0.15) is 0 Å². The molecule has 3 aliphatic heterocycles. The molecule has 4 rings (SSSR count). The summed E-state index contributed by atoms with van der Waals surface area (Å²) in [7, 11) is 1.86. The Hall–Kier alpha value is -1.97. The van der Waals surface area contributed by atoms with E-state index in [-0.39, 0.29) is 24.0 Å². The average molecular weight is 420 g/mol. The first-order chi connectivity index (χ1) is 14.6. The molecule has 9 nitrogen and oxygen atoms in total. The molecule has 4 heterocycles. The molecule has 1 aromatic heterocycles. The van der Waals surface area contributed by atoms with Gasteiger partial charge in [-0.25, -0.2) is 0 Å². The number of piperidine rings is 1. The lowest BCUT2D eigenvalue weighted by Gasteiger charge is -2.42. The predicted molar refractivity (Wildman–Crippen MR) is 111 cm³/mol. The van der Waals surface area contributed by atoms with Crippen molar-refractivity contribution >= 4 is 17.5 Å². The number of aromatic nitrogens is 2. The van der Waals surface area contributed by atoms with Crippen LogP contribution in [0.15, 0.2) is 12.4 Å². The Labute approximate surface area is 177 Å². The van der Waals surface area contributed by atoms with Gasteiger partial charge in [0.25, 0.3) is 0 Å². The van der Waals surface area contributed by atoms with Crippen LogP contribution in [0.1, 0.15) is 32.1 Å². The topological polar surface area (TPSA) is 80.1 Å². The third-order valence-corrected chi connectivity index (χ3v) is 6.31. The zero-order chi connectivity index (χ0) is 20.9. The second-order valence-electron chi connectivity index (χ2n) is 8.40. The number of piperazine rings is 1. The van der Waals surface area contributed by atoms with Crippen LogP contribution >= 0.6 is 0 Å². The molecule has 1 aromatic rings. The molecule has 166 valence electrons. The van der Waals surface area contributed by atoms with E-state index in [1.807, 2.05) is 23.0 Å². The van der Waals surface area contributed by atoms with E-state index in [0.717, 1.165) is 57.6 Å². The van der Waals surface area contributed by atoms with Gasteiger partial charge in [0, 0.05) is 52.6 Å². The van der Waals surface area contributed by atoms with Gasteiger partial charge in [-0.1, -0.05) is 0 Å². The molecular formula is C21H33N5O4. The van der Waals surface area contributed by atoms with Crippen LogP contribution in [0.3, 0.4) is 0 Å². The molecule has 0 spiro atoms. The molecule has 2 amide bonds. The molecule has 3 fully saturated rings. The maximum atomic E-state index is 13.1. The van der Waals surface area contributed by atoms with Gasteiger partial charge in [0.15, 0.2) is 0 Å². The SMILES string of the molecule is Cn1cc(N2CCCC(N3CCN(C(=O)CCOCC4CCCO4)CC3)C2=O)cn1. The van der Waals surface area contributed by atoms with Crippen LogP contribution in [-0.2, 0) is 26.1 Å². The van der Waals surface area contributed by atoms with Gasteiger partial charge >= 0.3 is 0 Å². The van der Waals surface area contributed by atoms with E-state index in [9.17, 15) is 9.59 Å². The highest BCUT2D eigenvalue weighted by Crippen LogP contribution is 2.24. The fourth-order valence-corrected chi connectivity index (χ4v) is 4.59. The number of amides is 2. The minimum absolute atomic E-state index is 0.106. The quantitative estimate of drug-likeness (QED) is 0.604. The van der Waals surface area contributed by atoms with Gasteiger partial charge in [-0.2, -0.15) is 5.10 Å². The molecule has 0 aliphatic carbocycles. The van der Waals surface area contributed by atoms with Crippen LogP contribution in [0.5, 0.6) is 0 Å². The van der Waals surface area contributed by atoms with Crippen molar-refractivity contribution in [1.82, 2.24) is 19.6 Å². The number of rotatable bonds is 7. The van der Waals surface area contributed by atoms with Crippen molar-refractivity contribution in [3.63, 3.8) is 0 Å². The summed E-state index contributed by atoms with van der Waals surface area (Å²) >= 11 is 0.